The molecular weight excluding hydrogens is 456 g/mol. The summed E-state index contributed by atoms with van der Waals surface area (Å²) in [5, 5.41) is 5.63. The Labute approximate surface area is 191 Å². The summed E-state index contributed by atoms with van der Waals surface area (Å²) in [6, 6.07) is 10.6. The van der Waals surface area contributed by atoms with Gasteiger partial charge < -0.3 is 18.7 Å². The molecular formula is C21H17ClN4O5S. The van der Waals surface area contributed by atoms with Crippen molar-refractivity contribution in [3.8, 4) is 22.9 Å². The van der Waals surface area contributed by atoms with Crippen molar-refractivity contribution in [2.75, 3.05) is 20.5 Å². The number of halogens is 1. The topological polar surface area (TPSA) is 102 Å². The number of hydrogen-bond donors (Lipinski definition) is 0. The Morgan fingerprint density at radius 1 is 1.16 bits per heavy atom. The monoisotopic (exact) mass is 472 g/mol. The first-order chi connectivity index (χ1) is 15.6. The third kappa shape index (κ3) is 4.04. The summed E-state index contributed by atoms with van der Waals surface area (Å²) in [5.74, 6) is 2.33. The lowest BCUT2D eigenvalue weighted by Gasteiger charge is -2.12. The van der Waals surface area contributed by atoms with Crippen LogP contribution in [0.25, 0.3) is 22.3 Å². The Morgan fingerprint density at radius 3 is 2.72 bits per heavy atom. The van der Waals surface area contributed by atoms with Crippen LogP contribution in [0.1, 0.15) is 5.89 Å². The van der Waals surface area contributed by atoms with Gasteiger partial charge in [-0.2, -0.15) is 4.98 Å². The molecule has 3 heterocycles. The van der Waals surface area contributed by atoms with Crippen molar-refractivity contribution in [1.29, 1.82) is 0 Å². The Kier molecular flexibility index (Phi) is 5.73. The summed E-state index contributed by atoms with van der Waals surface area (Å²) in [4.78, 5) is 22.3. The fourth-order valence-corrected chi connectivity index (χ4v) is 4.23. The number of methoxy groups -OCH3 is 1. The molecule has 1 aliphatic heterocycles. The molecule has 0 saturated carbocycles. The maximum Gasteiger partial charge on any atom is 0.262 e. The third-order valence-electron chi connectivity index (χ3n) is 4.83. The molecule has 164 valence electrons. The molecule has 11 heteroatoms. The van der Waals surface area contributed by atoms with E-state index in [1.165, 1.54) is 11.8 Å². The molecule has 0 aliphatic carbocycles. The average Bonchev–Trinajstić information content (AvgIpc) is 3.46. The highest BCUT2D eigenvalue weighted by atomic mass is 35.5. The van der Waals surface area contributed by atoms with Gasteiger partial charge in [-0.15, -0.1) is 0 Å². The van der Waals surface area contributed by atoms with Crippen LogP contribution in [0, 0.1) is 0 Å². The standard InChI is InChI=1S/C21H17ClN4O5S/c1-28-7-6-26-20(27)14-8-16-17(30-11-29-16)9-15(14)23-21(26)32-10-18-24-19(25-31-18)12-2-4-13(22)5-3-12/h2-5,8-9H,6-7,10-11H2,1H3. The Morgan fingerprint density at radius 2 is 1.94 bits per heavy atom. The lowest BCUT2D eigenvalue weighted by atomic mass is 10.2. The second kappa shape index (κ2) is 8.81. The van der Waals surface area contributed by atoms with Crippen LogP contribution in [0.3, 0.4) is 0 Å². The largest absolute Gasteiger partial charge is 0.454 e. The lowest BCUT2D eigenvalue weighted by molar-refractivity contribution is 0.174. The van der Waals surface area contributed by atoms with Crippen molar-refractivity contribution < 1.29 is 18.7 Å². The molecule has 2 aromatic heterocycles. The fraction of sp³-hybridized carbons (Fsp3) is 0.238. The second-order valence-electron chi connectivity index (χ2n) is 6.87. The zero-order chi connectivity index (χ0) is 22.1. The number of fused-ring (bicyclic) bond motifs is 2. The van der Waals surface area contributed by atoms with Crippen LogP contribution in [0.15, 0.2) is 50.9 Å². The maximum absolute atomic E-state index is 13.2. The van der Waals surface area contributed by atoms with Gasteiger partial charge in [0.25, 0.3) is 5.56 Å². The van der Waals surface area contributed by atoms with Gasteiger partial charge in [-0.1, -0.05) is 28.5 Å². The van der Waals surface area contributed by atoms with Crippen molar-refractivity contribution in [1.82, 2.24) is 19.7 Å². The van der Waals surface area contributed by atoms with E-state index in [1.54, 1.807) is 35.9 Å². The zero-order valence-corrected chi connectivity index (χ0v) is 18.5. The molecule has 4 aromatic rings. The van der Waals surface area contributed by atoms with Crippen LogP contribution in [0.5, 0.6) is 11.5 Å². The maximum atomic E-state index is 13.2. The van der Waals surface area contributed by atoms with Gasteiger partial charge >= 0.3 is 0 Å². The van der Waals surface area contributed by atoms with Gasteiger partial charge in [0.15, 0.2) is 16.7 Å². The lowest BCUT2D eigenvalue weighted by Crippen LogP contribution is -2.25. The van der Waals surface area contributed by atoms with E-state index in [4.69, 9.17) is 30.3 Å². The molecule has 32 heavy (non-hydrogen) atoms. The minimum Gasteiger partial charge on any atom is -0.454 e. The summed E-state index contributed by atoms with van der Waals surface area (Å²) in [6.07, 6.45) is 0. The fourth-order valence-electron chi connectivity index (χ4n) is 3.24. The van der Waals surface area contributed by atoms with E-state index < -0.39 is 0 Å². The van der Waals surface area contributed by atoms with E-state index >= 15 is 0 Å². The van der Waals surface area contributed by atoms with Crippen LogP contribution in [0.2, 0.25) is 5.02 Å². The first kappa shape index (κ1) is 20.8. The highest BCUT2D eigenvalue weighted by Crippen LogP contribution is 2.35. The molecule has 0 fully saturated rings. The Hall–Kier alpha value is -3.08. The quantitative estimate of drug-likeness (QED) is 0.294. The molecule has 0 N–H and O–H groups in total. The number of ether oxygens (including phenoxy) is 3. The molecule has 0 radical (unpaired) electrons. The van der Waals surface area contributed by atoms with Crippen molar-refractivity contribution in [2.45, 2.75) is 17.5 Å². The predicted molar refractivity (Wildman–Crippen MR) is 118 cm³/mol. The van der Waals surface area contributed by atoms with Crippen molar-refractivity contribution in [2.24, 2.45) is 0 Å². The van der Waals surface area contributed by atoms with Gasteiger partial charge in [-0.3, -0.25) is 9.36 Å². The molecule has 2 aromatic carbocycles. The molecule has 0 spiro atoms. The number of nitrogens with zero attached hydrogens (tertiary/aromatic N) is 4. The van der Waals surface area contributed by atoms with E-state index in [-0.39, 0.29) is 12.4 Å². The van der Waals surface area contributed by atoms with Crippen LogP contribution >= 0.6 is 23.4 Å². The molecule has 0 saturated heterocycles. The molecule has 0 bridgehead atoms. The average molecular weight is 473 g/mol. The summed E-state index contributed by atoms with van der Waals surface area (Å²) in [5.41, 5.74) is 1.15. The minimum absolute atomic E-state index is 0.123. The third-order valence-corrected chi connectivity index (χ3v) is 6.04. The Balaban J connectivity index is 1.44. The number of rotatable bonds is 7. The van der Waals surface area contributed by atoms with Crippen LogP contribution < -0.4 is 15.0 Å². The highest BCUT2D eigenvalue weighted by molar-refractivity contribution is 7.98. The first-order valence-corrected chi connectivity index (χ1v) is 11.0. The smallest absolute Gasteiger partial charge is 0.262 e. The van der Waals surface area contributed by atoms with Gasteiger partial charge in [-0.25, -0.2) is 4.98 Å². The van der Waals surface area contributed by atoms with Crippen molar-refractivity contribution in [3.05, 3.63) is 57.7 Å². The van der Waals surface area contributed by atoms with Crippen LogP contribution in [-0.2, 0) is 17.0 Å². The number of aromatic nitrogens is 4. The zero-order valence-electron chi connectivity index (χ0n) is 16.9. The van der Waals surface area contributed by atoms with Crippen LogP contribution in [-0.4, -0.2) is 40.2 Å². The highest BCUT2D eigenvalue weighted by Gasteiger charge is 2.20. The van der Waals surface area contributed by atoms with E-state index in [0.29, 0.717) is 63.2 Å². The van der Waals surface area contributed by atoms with Gasteiger partial charge in [0, 0.05) is 23.8 Å². The molecule has 0 amide bonds. The normalized spacial score (nSPS) is 12.6. The SMILES string of the molecule is COCCn1c(SCc2nc(-c3ccc(Cl)cc3)no2)nc2cc3c(cc2c1=O)OCO3. The number of benzene rings is 2. The van der Waals surface area contributed by atoms with Crippen molar-refractivity contribution in [3.63, 3.8) is 0 Å². The van der Waals surface area contributed by atoms with E-state index in [2.05, 4.69) is 15.1 Å². The van der Waals surface area contributed by atoms with Gasteiger partial charge in [-0.05, 0) is 30.3 Å². The summed E-state index contributed by atoms with van der Waals surface area (Å²) in [7, 11) is 1.58. The number of hydrogen-bond acceptors (Lipinski definition) is 9. The molecule has 0 atom stereocenters. The van der Waals surface area contributed by atoms with E-state index in [1.807, 2.05) is 12.1 Å². The molecule has 0 unspecified atom stereocenters. The predicted octanol–water partition coefficient (Wildman–Crippen LogP) is 3.77. The molecule has 5 rings (SSSR count). The van der Waals surface area contributed by atoms with Gasteiger partial charge in [0.1, 0.15) is 0 Å². The van der Waals surface area contributed by atoms with E-state index in [9.17, 15) is 4.79 Å². The first-order valence-electron chi connectivity index (χ1n) is 9.67. The summed E-state index contributed by atoms with van der Waals surface area (Å²) in [6.45, 7) is 0.847. The Bertz CT molecular complexity index is 1340. The summed E-state index contributed by atoms with van der Waals surface area (Å²) < 4.78 is 23.0. The van der Waals surface area contributed by atoms with Crippen molar-refractivity contribution >= 4 is 34.3 Å². The number of thioether (sulfide) groups is 1. The second-order valence-corrected chi connectivity index (χ2v) is 8.25. The van der Waals surface area contributed by atoms with E-state index in [0.717, 1.165) is 5.56 Å². The molecule has 1 aliphatic rings. The van der Waals surface area contributed by atoms with Crippen LogP contribution in [0.4, 0.5) is 0 Å². The molecule has 9 nitrogen and oxygen atoms in total. The summed E-state index contributed by atoms with van der Waals surface area (Å²) >= 11 is 7.26. The minimum atomic E-state index is -0.180. The van der Waals surface area contributed by atoms with Gasteiger partial charge in [0.05, 0.1) is 29.8 Å². The van der Waals surface area contributed by atoms with Gasteiger partial charge in [0.2, 0.25) is 18.5 Å².